The molecule has 1 fully saturated rings. The summed E-state index contributed by atoms with van der Waals surface area (Å²) in [4.78, 5) is 17.2. The van der Waals surface area contributed by atoms with Gasteiger partial charge in [-0.3, -0.25) is 10.1 Å². The molecule has 0 saturated carbocycles. The van der Waals surface area contributed by atoms with Crippen molar-refractivity contribution in [3.05, 3.63) is 21.6 Å². The molecule has 7 nitrogen and oxygen atoms in total. The van der Waals surface area contributed by atoms with Crippen LogP contribution in [0.5, 0.6) is 5.88 Å². The van der Waals surface area contributed by atoms with E-state index in [2.05, 4.69) is 9.97 Å². The summed E-state index contributed by atoms with van der Waals surface area (Å²) in [6.45, 7) is 0.803. The third-order valence-corrected chi connectivity index (χ3v) is 2.09. The van der Waals surface area contributed by atoms with Crippen LogP contribution in [0.2, 0.25) is 5.15 Å². The van der Waals surface area contributed by atoms with Crippen molar-refractivity contribution in [2.45, 2.75) is 6.10 Å². The van der Waals surface area contributed by atoms with E-state index >= 15 is 0 Å². The smallest absolute Gasteiger partial charge is 0.367 e. The molecule has 2 rings (SSSR count). The summed E-state index contributed by atoms with van der Waals surface area (Å²) < 4.78 is 10.1. The highest BCUT2D eigenvalue weighted by atomic mass is 35.5. The van der Waals surface area contributed by atoms with Crippen molar-refractivity contribution >= 4 is 17.3 Å². The van der Waals surface area contributed by atoms with Crippen molar-refractivity contribution in [2.75, 3.05) is 13.2 Å². The van der Waals surface area contributed by atoms with Crippen LogP contribution in [-0.2, 0) is 4.74 Å². The molecule has 1 saturated heterocycles. The minimum atomic E-state index is -0.669. The Morgan fingerprint density at radius 3 is 2.87 bits per heavy atom. The van der Waals surface area contributed by atoms with Crippen LogP contribution in [0.3, 0.4) is 0 Å². The first-order valence-electron chi connectivity index (χ1n) is 4.08. The molecule has 0 N–H and O–H groups in total. The first kappa shape index (κ1) is 10.1. The fourth-order valence-electron chi connectivity index (χ4n) is 1.02. The Bertz CT molecular complexity index is 396. The molecule has 0 unspecified atom stereocenters. The van der Waals surface area contributed by atoms with Crippen LogP contribution in [0.4, 0.5) is 5.69 Å². The van der Waals surface area contributed by atoms with Gasteiger partial charge < -0.3 is 9.47 Å². The van der Waals surface area contributed by atoms with E-state index in [9.17, 15) is 10.1 Å². The Morgan fingerprint density at radius 1 is 1.60 bits per heavy atom. The molecule has 0 aliphatic carbocycles. The van der Waals surface area contributed by atoms with E-state index in [1.807, 2.05) is 0 Å². The van der Waals surface area contributed by atoms with Gasteiger partial charge in [0.1, 0.15) is 12.4 Å². The van der Waals surface area contributed by atoms with E-state index in [1.165, 1.54) is 0 Å². The molecule has 2 heterocycles. The number of halogens is 1. The van der Waals surface area contributed by atoms with E-state index in [0.717, 1.165) is 6.33 Å². The third kappa shape index (κ3) is 1.97. The van der Waals surface area contributed by atoms with Crippen molar-refractivity contribution in [2.24, 2.45) is 0 Å². The lowest BCUT2D eigenvalue weighted by atomic mass is 10.3. The summed E-state index contributed by atoms with van der Waals surface area (Å²) in [6, 6.07) is 0. The Kier molecular flexibility index (Phi) is 2.65. The summed E-state index contributed by atoms with van der Waals surface area (Å²) in [5.74, 6) is -0.117. The average molecular weight is 232 g/mol. The lowest BCUT2D eigenvalue weighted by molar-refractivity contribution is -0.386. The van der Waals surface area contributed by atoms with Gasteiger partial charge in [0.05, 0.1) is 18.1 Å². The Balaban J connectivity index is 2.27. The van der Waals surface area contributed by atoms with E-state index in [-0.39, 0.29) is 17.1 Å². The predicted molar refractivity (Wildman–Crippen MR) is 48.9 cm³/mol. The van der Waals surface area contributed by atoms with Crippen LogP contribution in [0.15, 0.2) is 6.33 Å². The second-order valence-corrected chi connectivity index (χ2v) is 3.21. The van der Waals surface area contributed by atoms with Crippen LogP contribution >= 0.6 is 11.6 Å². The van der Waals surface area contributed by atoms with Crippen molar-refractivity contribution in [3.63, 3.8) is 0 Å². The molecule has 1 aromatic heterocycles. The summed E-state index contributed by atoms with van der Waals surface area (Å²) >= 11 is 5.57. The first-order valence-corrected chi connectivity index (χ1v) is 4.45. The lowest BCUT2D eigenvalue weighted by Gasteiger charge is -2.25. The molecule has 0 amide bonds. The summed E-state index contributed by atoms with van der Waals surface area (Å²) in [6.07, 6.45) is 0.916. The molecule has 0 bridgehead atoms. The second kappa shape index (κ2) is 3.95. The van der Waals surface area contributed by atoms with Crippen LogP contribution < -0.4 is 4.74 Å². The van der Waals surface area contributed by atoms with Gasteiger partial charge in [0.15, 0.2) is 0 Å². The average Bonchev–Trinajstić information content (AvgIpc) is 2.10. The zero-order valence-corrected chi connectivity index (χ0v) is 8.18. The number of hydrogen-bond acceptors (Lipinski definition) is 6. The molecule has 8 heteroatoms. The van der Waals surface area contributed by atoms with Crippen molar-refractivity contribution in [1.82, 2.24) is 9.97 Å². The van der Waals surface area contributed by atoms with Gasteiger partial charge in [-0.25, -0.2) is 4.98 Å². The first-order chi connectivity index (χ1) is 7.18. The second-order valence-electron chi connectivity index (χ2n) is 2.85. The number of nitrogens with zero attached hydrogens (tertiary/aromatic N) is 3. The number of rotatable bonds is 3. The van der Waals surface area contributed by atoms with Crippen molar-refractivity contribution < 1.29 is 14.4 Å². The van der Waals surface area contributed by atoms with Crippen LogP contribution in [0, 0.1) is 10.1 Å². The summed E-state index contributed by atoms with van der Waals surface area (Å²) in [5.41, 5.74) is -0.411. The maximum atomic E-state index is 10.7. The summed E-state index contributed by atoms with van der Waals surface area (Å²) in [5, 5.41) is 10.4. The molecular weight excluding hydrogens is 226 g/mol. The van der Waals surface area contributed by atoms with Gasteiger partial charge in [-0.05, 0) is 0 Å². The molecule has 0 spiro atoms. The fourth-order valence-corrected chi connectivity index (χ4v) is 1.22. The van der Waals surface area contributed by atoms with Gasteiger partial charge in [-0.15, -0.1) is 0 Å². The van der Waals surface area contributed by atoms with Gasteiger partial charge in [0.25, 0.3) is 5.88 Å². The molecule has 15 heavy (non-hydrogen) atoms. The number of hydrogen-bond donors (Lipinski definition) is 0. The molecule has 0 aromatic carbocycles. The summed E-state index contributed by atoms with van der Waals surface area (Å²) in [7, 11) is 0. The van der Waals surface area contributed by atoms with Gasteiger partial charge in [0, 0.05) is 0 Å². The van der Waals surface area contributed by atoms with Crippen molar-refractivity contribution in [1.29, 1.82) is 0 Å². The van der Waals surface area contributed by atoms with Crippen LogP contribution in [0.1, 0.15) is 0 Å². The number of nitro groups is 1. The van der Waals surface area contributed by atoms with Gasteiger partial charge in [0.2, 0.25) is 5.15 Å². The number of aromatic nitrogens is 2. The highest BCUT2D eigenvalue weighted by molar-refractivity contribution is 6.31. The van der Waals surface area contributed by atoms with E-state index in [4.69, 9.17) is 21.1 Å². The molecule has 80 valence electrons. The van der Waals surface area contributed by atoms with Crippen molar-refractivity contribution in [3.8, 4) is 5.88 Å². The highest BCUT2D eigenvalue weighted by Crippen LogP contribution is 2.31. The Labute approximate surface area is 89.1 Å². The monoisotopic (exact) mass is 231 g/mol. The van der Waals surface area contributed by atoms with Gasteiger partial charge >= 0.3 is 5.69 Å². The maximum Gasteiger partial charge on any atom is 0.367 e. The zero-order valence-electron chi connectivity index (χ0n) is 7.42. The predicted octanol–water partition coefficient (Wildman–Crippen LogP) is 0.816. The quantitative estimate of drug-likeness (QED) is 0.435. The lowest BCUT2D eigenvalue weighted by Crippen LogP contribution is -2.38. The zero-order chi connectivity index (χ0) is 10.8. The van der Waals surface area contributed by atoms with Crippen LogP contribution in [0.25, 0.3) is 0 Å². The molecule has 1 aliphatic heterocycles. The Morgan fingerprint density at radius 2 is 2.33 bits per heavy atom. The number of ether oxygens (including phenoxy) is 2. The molecule has 1 aliphatic rings. The largest absolute Gasteiger partial charge is 0.464 e. The van der Waals surface area contributed by atoms with Gasteiger partial charge in [-0.1, -0.05) is 11.6 Å². The topological polar surface area (TPSA) is 87.4 Å². The molecule has 1 aromatic rings. The van der Waals surface area contributed by atoms with E-state index in [1.54, 1.807) is 0 Å². The normalized spacial score (nSPS) is 15.8. The maximum absolute atomic E-state index is 10.7. The molecule has 0 atom stereocenters. The fraction of sp³-hybridized carbons (Fsp3) is 0.429. The third-order valence-electron chi connectivity index (χ3n) is 1.81. The highest BCUT2D eigenvalue weighted by Gasteiger charge is 2.28. The Hall–Kier alpha value is -1.47. The SMILES string of the molecule is O=[N+]([O-])c1c(Cl)ncnc1OC1COC1. The van der Waals surface area contributed by atoms with E-state index < -0.39 is 10.6 Å². The van der Waals surface area contributed by atoms with E-state index in [0.29, 0.717) is 13.2 Å². The molecule has 0 radical (unpaired) electrons. The van der Waals surface area contributed by atoms with Crippen LogP contribution in [-0.4, -0.2) is 34.2 Å². The minimum Gasteiger partial charge on any atom is -0.464 e. The minimum absolute atomic E-state index is 0.117. The standard InChI is InChI=1S/C7H6ClN3O4/c8-6-5(11(12)13)7(10-3-9-6)15-4-1-14-2-4/h3-4H,1-2H2. The molecular formula is C7H6ClN3O4. The van der Waals surface area contributed by atoms with Gasteiger partial charge in [-0.2, -0.15) is 4.98 Å².